The maximum absolute atomic E-state index is 12.9. The second-order valence-corrected chi connectivity index (χ2v) is 9.50. The standard InChI is InChI=1S/C28H28N6O3.C2HF3O2/c29-26(20-5-2-1-3-6-20)28(36)32-23-18-30-34(19-23)25-8-4-7-21(17-25)27(35)31-22-9-11-24(12-10-22)33-13-15-37-16-14-33;3-2(4,5)1(6)7/h1-12,17-19,26H,13-16,29H2,(H,31,35)(H,32,36);(H,6,7). The number of carbonyl (C=O) groups is 3. The molecule has 5 N–H and O–H groups in total. The Bertz CT molecular complexity index is 1570. The number of aromatic nitrogens is 2. The van der Waals surface area contributed by atoms with Gasteiger partial charge in [-0.05, 0) is 48.0 Å². The van der Waals surface area contributed by atoms with Crippen molar-refractivity contribution >= 4 is 34.8 Å². The molecule has 2 heterocycles. The minimum absolute atomic E-state index is 0.226. The Morgan fingerprint density at radius 2 is 1.55 bits per heavy atom. The number of carbonyl (C=O) groups excluding carboxylic acids is 2. The van der Waals surface area contributed by atoms with Crippen molar-refractivity contribution in [3.63, 3.8) is 0 Å². The Morgan fingerprint density at radius 3 is 2.18 bits per heavy atom. The average Bonchev–Trinajstić information content (AvgIpc) is 3.50. The molecule has 1 fully saturated rings. The quantitative estimate of drug-likeness (QED) is 0.243. The van der Waals surface area contributed by atoms with Gasteiger partial charge >= 0.3 is 12.1 Å². The average molecular weight is 611 g/mol. The van der Waals surface area contributed by atoms with Crippen molar-refractivity contribution in [2.45, 2.75) is 12.2 Å². The summed E-state index contributed by atoms with van der Waals surface area (Å²) in [6.07, 6.45) is -1.87. The first-order valence-electron chi connectivity index (χ1n) is 13.3. The molecular weight excluding hydrogens is 581 g/mol. The molecule has 1 aliphatic heterocycles. The summed E-state index contributed by atoms with van der Waals surface area (Å²) >= 11 is 0. The minimum atomic E-state index is -5.08. The van der Waals surface area contributed by atoms with Crippen molar-refractivity contribution in [2.75, 3.05) is 41.8 Å². The highest BCUT2D eigenvalue weighted by atomic mass is 19.4. The van der Waals surface area contributed by atoms with Crippen molar-refractivity contribution in [2.24, 2.45) is 5.73 Å². The van der Waals surface area contributed by atoms with Gasteiger partial charge in [-0.25, -0.2) is 9.48 Å². The molecule has 230 valence electrons. The molecule has 14 heteroatoms. The third-order valence-corrected chi connectivity index (χ3v) is 6.41. The number of halogens is 3. The Hall–Kier alpha value is -5.21. The van der Waals surface area contributed by atoms with Crippen LogP contribution in [0.5, 0.6) is 0 Å². The lowest BCUT2D eigenvalue weighted by Crippen LogP contribution is -2.36. The largest absolute Gasteiger partial charge is 0.490 e. The number of aliphatic carboxylic acids is 1. The number of anilines is 3. The molecule has 11 nitrogen and oxygen atoms in total. The van der Waals surface area contributed by atoms with E-state index in [0.29, 0.717) is 22.6 Å². The SMILES string of the molecule is NC(C(=O)Nc1cnn(-c2cccc(C(=O)Nc3ccc(N4CCOCC4)cc3)c2)c1)c1ccccc1.O=C(O)C(F)(F)F. The molecule has 0 radical (unpaired) electrons. The van der Waals surface area contributed by atoms with E-state index in [1.165, 1.54) is 0 Å². The van der Waals surface area contributed by atoms with E-state index in [-0.39, 0.29) is 11.8 Å². The lowest BCUT2D eigenvalue weighted by atomic mass is 10.1. The van der Waals surface area contributed by atoms with Crippen LogP contribution >= 0.6 is 0 Å². The molecule has 1 aromatic heterocycles. The van der Waals surface area contributed by atoms with E-state index in [1.807, 2.05) is 60.7 Å². The van der Waals surface area contributed by atoms with Crippen molar-refractivity contribution in [1.82, 2.24) is 9.78 Å². The number of nitrogens with zero attached hydrogens (tertiary/aromatic N) is 3. The smallest absolute Gasteiger partial charge is 0.475 e. The zero-order chi connectivity index (χ0) is 31.7. The molecule has 1 atom stereocenters. The molecular formula is C30H29F3N6O5. The maximum atomic E-state index is 12.9. The van der Waals surface area contributed by atoms with Gasteiger partial charge in [0.05, 0.1) is 37.0 Å². The molecule has 44 heavy (non-hydrogen) atoms. The van der Waals surface area contributed by atoms with E-state index >= 15 is 0 Å². The van der Waals surface area contributed by atoms with Gasteiger partial charge in [0.15, 0.2) is 0 Å². The molecule has 1 unspecified atom stereocenters. The van der Waals surface area contributed by atoms with E-state index in [0.717, 1.165) is 37.6 Å². The molecule has 3 aromatic carbocycles. The van der Waals surface area contributed by atoms with Crippen LogP contribution in [-0.4, -0.2) is 65.2 Å². The first kappa shape index (κ1) is 31.7. The van der Waals surface area contributed by atoms with Gasteiger partial charge < -0.3 is 31.1 Å². The summed E-state index contributed by atoms with van der Waals surface area (Å²) in [5, 5.41) is 17.2. The molecule has 5 rings (SSSR count). The summed E-state index contributed by atoms with van der Waals surface area (Å²) < 4.78 is 38.7. The summed E-state index contributed by atoms with van der Waals surface area (Å²) in [5.74, 6) is -3.32. The molecule has 1 aliphatic rings. The van der Waals surface area contributed by atoms with Crippen LogP contribution < -0.4 is 21.3 Å². The van der Waals surface area contributed by atoms with Gasteiger partial charge in [0.1, 0.15) is 6.04 Å². The summed E-state index contributed by atoms with van der Waals surface area (Å²) in [7, 11) is 0. The van der Waals surface area contributed by atoms with E-state index in [2.05, 4.69) is 20.6 Å². The van der Waals surface area contributed by atoms with Crippen molar-refractivity contribution in [3.8, 4) is 5.69 Å². The Kier molecular flexibility index (Phi) is 10.3. The number of alkyl halides is 3. The molecule has 2 amide bonds. The molecule has 0 saturated carbocycles. The van der Waals surface area contributed by atoms with Gasteiger partial charge in [0.25, 0.3) is 5.91 Å². The summed E-state index contributed by atoms with van der Waals surface area (Å²) in [6, 6.07) is 23.3. The first-order chi connectivity index (χ1) is 21.0. The van der Waals surface area contributed by atoms with E-state index in [1.54, 1.807) is 35.3 Å². The minimum Gasteiger partial charge on any atom is -0.475 e. The fourth-order valence-corrected chi connectivity index (χ4v) is 4.13. The van der Waals surface area contributed by atoms with Crippen molar-refractivity contribution < 1.29 is 37.4 Å². The van der Waals surface area contributed by atoms with Gasteiger partial charge in [-0.2, -0.15) is 18.3 Å². The normalized spacial score (nSPS) is 13.7. The highest BCUT2D eigenvalue weighted by Gasteiger charge is 2.38. The van der Waals surface area contributed by atoms with Crippen LogP contribution in [0, 0.1) is 0 Å². The second kappa shape index (κ2) is 14.3. The number of ether oxygens (including phenoxy) is 1. The van der Waals surface area contributed by atoms with Crippen LogP contribution in [0.25, 0.3) is 5.69 Å². The number of nitrogens with one attached hydrogen (secondary N) is 2. The summed E-state index contributed by atoms with van der Waals surface area (Å²) in [4.78, 5) is 36.6. The number of hydrogen-bond acceptors (Lipinski definition) is 7. The molecule has 0 bridgehead atoms. The number of morpholine rings is 1. The predicted octanol–water partition coefficient (Wildman–Crippen LogP) is 4.23. The zero-order valence-corrected chi connectivity index (χ0v) is 23.2. The molecule has 1 saturated heterocycles. The summed E-state index contributed by atoms with van der Waals surface area (Å²) in [5.41, 5.74) is 10.3. The van der Waals surface area contributed by atoms with Gasteiger partial charge in [-0.15, -0.1) is 0 Å². The van der Waals surface area contributed by atoms with E-state index in [9.17, 15) is 22.8 Å². The third-order valence-electron chi connectivity index (χ3n) is 6.41. The van der Waals surface area contributed by atoms with Crippen LogP contribution in [0.15, 0.2) is 91.3 Å². The lowest BCUT2D eigenvalue weighted by Gasteiger charge is -2.28. The zero-order valence-electron chi connectivity index (χ0n) is 23.2. The Balaban J connectivity index is 0.000000566. The van der Waals surface area contributed by atoms with Crippen molar-refractivity contribution in [3.05, 3.63) is 102 Å². The number of hydrogen-bond donors (Lipinski definition) is 4. The summed E-state index contributed by atoms with van der Waals surface area (Å²) in [6.45, 7) is 3.16. The second-order valence-electron chi connectivity index (χ2n) is 9.50. The number of carboxylic acids is 1. The fourth-order valence-electron chi connectivity index (χ4n) is 4.13. The van der Waals surface area contributed by atoms with Crippen LogP contribution in [-0.2, 0) is 14.3 Å². The Morgan fingerprint density at radius 1 is 0.886 bits per heavy atom. The van der Waals surface area contributed by atoms with E-state index < -0.39 is 18.2 Å². The number of rotatable bonds is 7. The number of amides is 2. The maximum Gasteiger partial charge on any atom is 0.490 e. The van der Waals surface area contributed by atoms with Crippen LogP contribution in [0.3, 0.4) is 0 Å². The Labute approximate surface area is 250 Å². The van der Waals surface area contributed by atoms with Crippen LogP contribution in [0.2, 0.25) is 0 Å². The third kappa shape index (κ3) is 8.65. The van der Waals surface area contributed by atoms with E-state index in [4.69, 9.17) is 20.4 Å². The molecule has 4 aromatic rings. The number of nitrogens with two attached hydrogens (primary N) is 1. The van der Waals surface area contributed by atoms with Gasteiger partial charge in [-0.1, -0.05) is 36.4 Å². The van der Waals surface area contributed by atoms with Crippen LogP contribution in [0.4, 0.5) is 30.2 Å². The molecule has 0 spiro atoms. The first-order valence-corrected chi connectivity index (χ1v) is 13.3. The van der Waals surface area contributed by atoms with Crippen LogP contribution in [0.1, 0.15) is 22.0 Å². The fraction of sp³-hybridized carbons (Fsp3) is 0.200. The van der Waals surface area contributed by atoms with Gasteiger partial charge in [-0.3, -0.25) is 9.59 Å². The highest BCUT2D eigenvalue weighted by Crippen LogP contribution is 2.21. The monoisotopic (exact) mass is 610 g/mol. The van der Waals surface area contributed by atoms with Crippen molar-refractivity contribution in [1.29, 1.82) is 0 Å². The van der Waals surface area contributed by atoms with Gasteiger partial charge in [0.2, 0.25) is 5.91 Å². The van der Waals surface area contributed by atoms with Gasteiger partial charge in [0, 0.05) is 30.0 Å². The number of carboxylic acid groups (broad SMARTS) is 1. The topological polar surface area (TPSA) is 152 Å². The number of benzene rings is 3. The highest BCUT2D eigenvalue weighted by molar-refractivity contribution is 6.04. The predicted molar refractivity (Wildman–Crippen MR) is 157 cm³/mol. The lowest BCUT2D eigenvalue weighted by molar-refractivity contribution is -0.192. The molecule has 0 aliphatic carbocycles.